The zero-order chi connectivity index (χ0) is 14.0. The molecule has 0 fully saturated rings. The van der Waals surface area contributed by atoms with Gasteiger partial charge in [0.25, 0.3) is 0 Å². The van der Waals surface area contributed by atoms with Gasteiger partial charge in [0.2, 0.25) is 0 Å². The van der Waals surface area contributed by atoms with Gasteiger partial charge in [0.15, 0.2) is 0 Å². The van der Waals surface area contributed by atoms with Crippen molar-refractivity contribution in [1.82, 2.24) is 0 Å². The number of rotatable bonds is 3. The first-order valence-electron chi connectivity index (χ1n) is 5.54. The summed E-state index contributed by atoms with van der Waals surface area (Å²) in [4.78, 5) is 0. The van der Waals surface area contributed by atoms with Crippen molar-refractivity contribution in [2.45, 2.75) is 12.5 Å². The second-order valence-electron chi connectivity index (χ2n) is 4.12. The van der Waals surface area contributed by atoms with Crippen LogP contribution in [-0.4, -0.2) is 5.11 Å². The normalized spacial score (nSPS) is 12.5. The molecule has 0 saturated heterocycles. The van der Waals surface area contributed by atoms with Crippen molar-refractivity contribution in [1.29, 1.82) is 0 Å². The zero-order valence-electron chi connectivity index (χ0n) is 9.71. The Morgan fingerprint density at radius 2 is 1.89 bits per heavy atom. The van der Waals surface area contributed by atoms with Gasteiger partial charge in [-0.15, -0.1) is 0 Å². The molecule has 0 aliphatic carbocycles. The number of halogens is 4. The first-order valence-corrected chi connectivity index (χ1v) is 7.50. The van der Waals surface area contributed by atoms with E-state index in [0.717, 1.165) is 8.95 Å². The van der Waals surface area contributed by atoms with E-state index in [1.807, 2.05) is 0 Å². The van der Waals surface area contributed by atoms with Crippen LogP contribution in [0.25, 0.3) is 0 Å². The lowest BCUT2D eigenvalue weighted by Gasteiger charge is -2.14. The molecule has 19 heavy (non-hydrogen) atoms. The third-order valence-corrected chi connectivity index (χ3v) is 4.19. The smallest absolute Gasteiger partial charge is 0.126 e. The number of hydrogen-bond acceptors (Lipinski definition) is 1. The molecule has 5 heteroatoms. The molecule has 1 atom stereocenters. The van der Waals surface area contributed by atoms with Gasteiger partial charge in [-0.05, 0) is 47.5 Å². The fourth-order valence-corrected chi connectivity index (χ4v) is 2.89. The van der Waals surface area contributed by atoms with Crippen molar-refractivity contribution in [3.05, 3.63) is 67.3 Å². The molecule has 100 valence electrons. The summed E-state index contributed by atoms with van der Waals surface area (Å²) >= 11 is 12.6. The maximum atomic E-state index is 13.7. The third kappa shape index (κ3) is 3.78. The summed E-state index contributed by atoms with van der Waals surface area (Å²) in [5, 5.41) is 10.8. The van der Waals surface area contributed by atoms with Crippen LogP contribution in [0, 0.1) is 5.82 Å². The maximum Gasteiger partial charge on any atom is 0.126 e. The topological polar surface area (TPSA) is 20.2 Å². The van der Waals surface area contributed by atoms with Crippen molar-refractivity contribution in [3.63, 3.8) is 0 Å². The molecule has 0 aromatic heterocycles. The lowest BCUT2D eigenvalue weighted by molar-refractivity contribution is 0.176. The van der Waals surface area contributed by atoms with Crippen LogP contribution in [0.2, 0.25) is 5.02 Å². The van der Waals surface area contributed by atoms with Gasteiger partial charge in [0.1, 0.15) is 5.82 Å². The van der Waals surface area contributed by atoms with Crippen molar-refractivity contribution < 1.29 is 9.50 Å². The van der Waals surface area contributed by atoms with Crippen LogP contribution in [0.3, 0.4) is 0 Å². The fourth-order valence-electron chi connectivity index (χ4n) is 1.79. The Morgan fingerprint density at radius 3 is 2.63 bits per heavy atom. The van der Waals surface area contributed by atoms with Gasteiger partial charge < -0.3 is 5.11 Å². The summed E-state index contributed by atoms with van der Waals surface area (Å²) < 4.78 is 15.2. The molecule has 0 saturated carbocycles. The fraction of sp³-hybridized carbons (Fsp3) is 0.143. The molecule has 0 radical (unpaired) electrons. The average molecular weight is 408 g/mol. The second kappa shape index (κ2) is 6.35. The molecular formula is C14H10Br2ClFO. The Morgan fingerprint density at radius 1 is 1.16 bits per heavy atom. The van der Waals surface area contributed by atoms with Crippen LogP contribution >= 0.6 is 43.5 Å². The summed E-state index contributed by atoms with van der Waals surface area (Å²) in [7, 11) is 0. The number of aliphatic hydroxyl groups excluding tert-OH is 1. The largest absolute Gasteiger partial charge is 0.388 e. The van der Waals surface area contributed by atoms with E-state index in [0.29, 0.717) is 16.1 Å². The summed E-state index contributed by atoms with van der Waals surface area (Å²) in [5.41, 5.74) is 1.10. The van der Waals surface area contributed by atoms with E-state index >= 15 is 0 Å². The minimum Gasteiger partial charge on any atom is -0.388 e. The Bertz CT molecular complexity index is 604. The number of benzene rings is 2. The highest BCUT2D eigenvalue weighted by Crippen LogP contribution is 2.30. The first kappa shape index (κ1) is 15.0. The molecule has 0 spiro atoms. The SMILES string of the molecule is OC(Cc1cc(Br)ccc1F)c1cc(Cl)ccc1Br. The van der Waals surface area contributed by atoms with Crippen molar-refractivity contribution in [2.75, 3.05) is 0 Å². The quantitative estimate of drug-likeness (QED) is 0.733. The zero-order valence-corrected chi connectivity index (χ0v) is 13.6. The molecule has 0 bridgehead atoms. The van der Waals surface area contributed by atoms with Gasteiger partial charge >= 0.3 is 0 Å². The molecule has 0 aliphatic heterocycles. The lowest BCUT2D eigenvalue weighted by Crippen LogP contribution is -2.04. The van der Waals surface area contributed by atoms with Gasteiger partial charge in [0.05, 0.1) is 6.10 Å². The average Bonchev–Trinajstić information content (AvgIpc) is 2.36. The molecule has 2 rings (SSSR count). The molecule has 2 aromatic carbocycles. The molecule has 0 aliphatic rings. The molecule has 1 nitrogen and oxygen atoms in total. The third-order valence-electron chi connectivity index (χ3n) is 2.74. The molecule has 2 aromatic rings. The Kier molecular flexibility index (Phi) is 5.01. The van der Waals surface area contributed by atoms with E-state index in [4.69, 9.17) is 11.6 Å². The lowest BCUT2D eigenvalue weighted by atomic mass is 10.0. The van der Waals surface area contributed by atoms with Gasteiger partial charge in [-0.3, -0.25) is 0 Å². The molecule has 0 amide bonds. The van der Waals surface area contributed by atoms with Gasteiger partial charge in [-0.1, -0.05) is 43.5 Å². The molecule has 1 N–H and O–H groups in total. The van der Waals surface area contributed by atoms with Gasteiger partial charge in [-0.2, -0.15) is 0 Å². The summed E-state index contributed by atoms with van der Waals surface area (Å²) in [6.45, 7) is 0. The van der Waals surface area contributed by atoms with Crippen LogP contribution < -0.4 is 0 Å². The number of aliphatic hydroxyl groups is 1. The molecule has 0 heterocycles. The summed E-state index contributed by atoms with van der Waals surface area (Å²) in [6, 6.07) is 9.82. The standard InChI is InChI=1S/C14H10Br2ClFO/c15-9-1-4-13(18)8(5-9)6-14(19)11-7-10(17)2-3-12(11)16/h1-5,7,14,19H,6H2. The summed E-state index contributed by atoms with van der Waals surface area (Å²) in [6.07, 6.45) is -0.638. The van der Waals surface area contributed by atoms with E-state index in [9.17, 15) is 9.50 Å². The van der Waals surface area contributed by atoms with Crippen LogP contribution in [0.4, 0.5) is 4.39 Å². The highest BCUT2D eigenvalue weighted by molar-refractivity contribution is 9.10. The molecule has 1 unspecified atom stereocenters. The predicted molar refractivity (Wildman–Crippen MR) is 81.9 cm³/mol. The van der Waals surface area contributed by atoms with Gasteiger partial charge in [-0.25, -0.2) is 4.39 Å². The van der Waals surface area contributed by atoms with Crippen molar-refractivity contribution in [3.8, 4) is 0 Å². The number of hydrogen-bond donors (Lipinski definition) is 1. The van der Waals surface area contributed by atoms with E-state index in [2.05, 4.69) is 31.9 Å². The van der Waals surface area contributed by atoms with E-state index < -0.39 is 6.10 Å². The minimum atomic E-state index is -0.822. The summed E-state index contributed by atoms with van der Waals surface area (Å²) in [5.74, 6) is -0.333. The van der Waals surface area contributed by atoms with Crippen LogP contribution in [0.15, 0.2) is 45.3 Å². The first-order chi connectivity index (χ1) is 8.97. The van der Waals surface area contributed by atoms with E-state index in [1.54, 1.807) is 30.3 Å². The van der Waals surface area contributed by atoms with Crippen molar-refractivity contribution >= 4 is 43.5 Å². The van der Waals surface area contributed by atoms with Crippen molar-refractivity contribution in [2.24, 2.45) is 0 Å². The molecular weight excluding hydrogens is 398 g/mol. The Hall–Kier alpha value is -0.420. The van der Waals surface area contributed by atoms with E-state index in [-0.39, 0.29) is 12.2 Å². The maximum absolute atomic E-state index is 13.7. The highest BCUT2D eigenvalue weighted by Gasteiger charge is 2.15. The second-order valence-corrected chi connectivity index (χ2v) is 6.33. The Labute approximate surface area is 132 Å². The Balaban J connectivity index is 2.27. The van der Waals surface area contributed by atoms with Crippen LogP contribution in [0.5, 0.6) is 0 Å². The minimum absolute atomic E-state index is 0.185. The predicted octanol–water partition coefficient (Wildman–Crippen LogP) is 5.28. The van der Waals surface area contributed by atoms with Crippen LogP contribution in [0.1, 0.15) is 17.2 Å². The van der Waals surface area contributed by atoms with Crippen LogP contribution in [-0.2, 0) is 6.42 Å². The highest BCUT2D eigenvalue weighted by atomic mass is 79.9. The van der Waals surface area contributed by atoms with E-state index in [1.165, 1.54) is 6.07 Å². The van der Waals surface area contributed by atoms with Gasteiger partial charge in [0, 0.05) is 20.4 Å². The monoisotopic (exact) mass is 406 g/mol.